The van der Waals surface area contributed by atoms with E-state index in [0.29, 0.717) is 25.4 Å². The molecular formula is C13H16N2O5. The van der Waals surface area contributed by atoms with Crippen molar-refractivity contribution in [1.29, 1.82) is 0 Å². The van der Waals surface area contributed by atoms with Gasteiger partial charge in [0.1, 0.15) is 5.56 Å². The molecule has 7 heteroatoms. The summed E-state index contributed by atoms with van der Waals surface area (Å²) in [6.45, 7) is 3.43. The minimum atomic E-state index is -0.578. The van der Waals surface area contributed by atoms with Gasteiger partial charge in [-0.3, -0.25) is 14.9 Å². The summed E-state index contributed by atoms with van der Waals surface area (Å²) in [5.74, 6) is 0.245. The number of ether oxygens (including phenoxy) is 2. The van der Waals surface area contributed by atoms with Crippen LogP contribution in [0, 0.1) is 10.1 Å². The smallest absolute Gasteiger partial charge is 0.286 e. The molecule has 7 nitrogen and oxygen atoms in total. The Morgan fingerprint density at radius 3 is 2.55 bits per heavy atom. The van der Waals surface area contributed by atoms with E-state index in [9.17, 15) is 14.9 Å². The molecule has 0 radical (unpaired) electrons. The second kappa shape index (κ2) is 5.77. The lowest BCUT2D eigenvalue weighted by Gasteiger charge is -2.30. The number of rotatable bonds is 5. The fourth-order valence-electron chi connectivity index (χ4n) is 1.99. The molecule has 0 unspecified atom stereocenters. The normalized spacial score (nSPS) is 13.6. The number of carbonyl (C=O) groups is 1. The SMILES string of the molecule is CCOc1cc(C(=O)N2CCC2)c([N+](=O)[O-])cc1OC. The first kappa shape index (κ1) is 14.1. The molecule has 0 bridgehead atoms. The maximum atomic E-state index is 12.2. The molecule has 0 aliphatic carbocycles. The number of benzene rings is 1. The number of nitro groups is 1. The number of likely N-dealkylation sites (tertiary alicyclic amines) is 1. The van der Waals surface area contributed by atoms with Crippen LogP contribution in [0.4, 0.5) is 5.69 Å². The van der Waals surface area contributed by atoms with Gasteiger partial charge in [-0.1, -0.05) is 0 Å². The van der Waals surface area contributed by atoms with Crippen LogP contribution in [0.15, 0.2) is 12.1 Å². The molecule has 1 fully saturated rings. The number of hydrogen-bond acceptors (Lipinski definition) is 5. The van der Waals surface area contributed by atoms with Gasteiger partial charge in [-0.15, -0.1) is 0 Å². The molecule has 0 atom stereocenters. The van der Waals surface area contributed by atoms with Crippen molar-refractivity contribution >= 4 is 11.6 Å². The Hall–Kier alpha value is -2.31. The van der Waals surface area contributed by atoms with Crippen LogP contribution in [0.2, 0.25) is 0 Å². The van der Waals surface area contributed by atoms with Crippen molar-refractivity contribution in [2.75, 3.05) is 26.8 Å². The van der Waals surface area contributed by atoms with Gasteiger partial charge in [0.05, 0.1) is 24.7 Å². The molecular weight excluding hydrogens is 264 g/mol. The predicted octanol–water partition coefficient (Wildman–Crippen LogP) is 1.85. The van der Waals surface area contributed by atoms with Crippen LogP contribution in [-0.4, -0.2) is 42.5 Å². The maximum absolute atomic E-state index is 12.2. The third-order valence-electron chi connectivity index (χ3n) is 3.15. The van der Waals surface area contributed by atoms with E-state index < -0.39 is 4.92 Å². The number of methoxy groups -OCH3 is 1. The number of amides is 1. The number of nitrogens with zero attached hydrogens (tertiary/aromatic N) is 2. The quantitative estimate of drug-likeness (QED) is 0.607. The average molecular weight is 280 g/mol. The van der Waals surface area contributed by atoms with Crippen LogP contribution in [0.25, 0.3) is 0 Å². The van der Waals surface area contributed by atoms with Crippen LogP contribution in [-0.2, 0) is 0 Å². The van der Waals surface area contributed by atoms with Crippen LogP contribution in [0.1, 0.15) is 23.7 Å². The molecule has 108 valence electrons. The van der Waals surface area contributed by atoms with E-state index in [4.69, 9.17) is 9.47 Å². The molecule has 1 aliphatic rings. The molecule has 1 aromatic carbocycles. The molecule has 0 N–H and O–H groups in total. The van der Waals surface area contributed by atoms with E-state index in [2.05, 4.69) is 0 Å². The number of hydrogen-bond donors (Lipinski definition) is 0. The van der Waals surface area contributed by atoms with E-state index in [-0.39, 0.29) is 22.9 Å². The minimum absolute atomic E-state index is 0.0407. The first-order valence-electron chi connectivity index (χ1n) is 6.37. The van der Waals surface area contributed by atoms with Gasteiger partial charge in [-0.25, -0.2) is 0 Å². The summed E-state index contributed by atoms with van der Waals surface area (Å²) in [5.41, 5.74) is -0.221. The largest absolute Gasteiger partial charge is 0.493 e. The van der Waals surface area contributed by atoms with Crippen LogP contribution >= 0.6 is 0 Å². The van der Waals surface area contributed by atoms with E-state index in [1.54, 1.807) is 11.8 Å². The summed E-state index contributed by atoms with van der Waals surface area (Å²) in [6.07, 6.45) is 0.925. The second-order valence-corrected chi connectivity index (χ2v) is 4.36. The molecule has 0 aromatic heterocycles. The molecule has 1 saturated heterocycles. The molecule has 0 saturated carbocycles. The van der Waals surface area contributed by atoms with Gasteiger partial charge in [0.15, 0.2) is 11.5 Å². The van der Waals surface area contributed by atoms with Crippen molar-refractivity contribution < 1.29 is 19.2 Å². The third kappa shape index (κ3) is 2.52. The van der Waals surface area contributed by atoms with Crippen molar-refractivity contribution in [2.45, 2.75) is 13.3 Å². The highest BCUT2D eigenvalue weighted by Gasteiger charge is 2.30. The van der Waals surface area contributed by atoms with Crippen molar-refractivity contribution in [3.63, 3.8) is 0 Å². The van der Waals surface area contributed by atoms with E-state index in [1.807, 2.05) is 0 Å². The molecule has 20 heavy (non-hydrogen) atoms. The molecule has 0 spiro atoms. The molecule has 1 heterocycles. The highest BCUT2D eigenvalue weighted by molar-refractivity contribution is 5.99. The van der Waals surface area contributed by atoms with Gasteiger partial charge in [0, 0.05) is 19.2 Å². The van der Waals surface area contributed by atoms with Crippen LogP contribution in [0.5, 0.6) is 11.5 Å². The highest BCUT2D eigenvalue weighted by atomic mass is 16.6. The zero-order valence-electron chi connectivity index (χ0n) is 11.4. The van der Waals surface area contributed by atoms with Gasteiger partial charge in [0.25, 0.3) is 11.6 Å². The van der Waals surface area contributed by atoms with Crippen LogP contribution in [0.3, 0.4) is 0 Å². The van der Waals surface area contributed by atoms with Gasteiger partial charge in [-0.2, -0.15) is 0 Å². The zero-order valence-corrected chi connectivity index (χ0v) is 11.4. The average Bonchev–Trinajstić information content (AvgIpc) is 2.36. The van der Waals surface area contributed by atoms with Gasteiger partial charge < -0.3 is 14.4 Å². The summed E-state index contributed by atoms with van der Waals surface area (Å²) in [7, 11) is 1.40. The molecule has 2 rings (SSSR count). The van der Waals surface area contributed by atoms with Gasteiger partial charge in [-0.05, 0) is 13.3 Å². The lowest BCUT2D eigenvalue weighted by molar-refractivity contribution is -0.385. The Kier molecular flexibility index (Phi) is 4.07. The Morgan fingerprint density at radius 1 is 1.40 bits per heavy atom. The first-order valence-corrected chi connectivity index (χ1v) is 6.37. The lowest BCUT2D eigenvalue weighted by Crippen LogP contribution is -2.42. The predicted molar refractivity (Wildman–Crippen MR) is 71.3 cm³/mol. The van der Waals surface area contributed by atoms with Gasteiger partial charge >= 0.3 is 0 Å². The van der Waals surface area contributed by atoms with Crippen molar-refractivity contribution in [2.24, 2.45) is 0 Å². The number of nitro benzene ring substituents is 1. The molecule has 1 aromatic rings. The molecule has 1 amide bonds. The number of carbonyl (C=O) groups excluding carboxylic acids is 1. The summed E-state index contributed by atoms with van der Waals surface area (Å²) < 4.78 is 10.4. The Morgan fingerprint density at radius 2 is 2.10 bits per heavy atom. The first-order chi connectivity index (χ1) is 9.58. The minimum Gasteiger partial charge on any atom is -0.493 e. The molecule has 1 aliphatic heterocycles. The van der Waals surface area contributed by atoms with Crippen LogP contribution < -0.4 is 9.47 Å². The Bertz CT molecular complexity index is 540. The van der Waals surface area contributed by atoms with Crippen molar-refractivity contribution in [3.8, 4) is 11.5 Å². The fourth-order valence-corrected chi connectivity index (χ4v) is 1.99. The fraction of sp³-hybridized carbons (Fsp3) is 0.462. The van der Waals surface area contributed by atoms with E-state index in [0.717, 1.165) is 6.42 Å². The summed E-state index contributed by atoms with van der Waals surface area (Å²) in [5, 5.41) is 11.1. The lowest BCUT2D eigenvalue weighted by atomic mass is 10.1. The van der Waals surface area contributed by atoms with Crippen molar-refractivity contribution in [1.82, 2.24) is 4.90 Å². The van der Waals surface area contributed by atoms with E-state index >= 15 is 0 Å². The topological polar surface area (TPSA) is 81.9 Å². The van der Waals surface area contributed by atoms with Crippen molar-refractivity contribution in [3.05, 3.63) is 27.8 Å². The second-order valence-electron chi connectivity index (χ2n) is 4.36. The Balaban J connectivity index is 2.48. The monoisotopic (exact) mass is 280 g/mol. The van der Waals surface area contributed by atoms with Gasteiger partial charge in [0.2, 0.25) is 0 Å². The maximum Gasteiger partial charge on any atom is 0.286 e. The summed E-state index contributed by atoms with van der Waals surface area (Å²) >= 11 is 0. The standard InChI is InChI=1S/C13H16N2O5/c1-3-20-12-7-9(13(16)14-5-4-6-14)10(15(17)18)8-11(12)19-2/h7-8H,3-6H2,1-2H3. The third-order valence-corrected chi connectivity index (χ3v) is 3.15. The summed E-state index contributed by atoms with van der Waals surface area (Å²) in [6, 6.07) is 2.62. The summed E-state index contributed by atoms with van der Waals surface area (Å²) in [4.78, 5) is 24.4. The zero-order chi connectivity index (χ0) is 14.7. The highest BCUT2D eigenvalue weighted by Crippen LogP contribution is 2.35. The Labute approximate surface area is 116 Å². The van der Waals surface area contributed by atoms with E-state index in [1.165, 1.54) is 19.2 Å².